The first-order chi connectivity index (χ1) is 9.00. The van der Waals surface area contributed by atoms with Gasteiger partial charge in [0, 0.05) is 13.2 Å². The first-order valence-corrected chi connectivity index (χ1v) is 5.71. The fourth-order valence-corrected chi connectivity index (χ4v) is 2.24. The van der Waals surface area contributed by atoms with Gasteiger partial charge in [-0.1, -0.05) is 6.07 Å². The molecule has 1 N–H and O–H groups in total. The average Bonchev–Trinajstić information content (AvgIpc) is 2.70. The van der Waals surface area contributed by atoms with E-state index in [1.54, 1.807) is 19.3 Å². The third-order valence-electron chi connectivity index (χ3n) is 3.24. The highest BCUT2D eigenvalue weighted by Gasteiger charge is 2.17. The van der Waals surface area contributed by atoms with E-state index in [9.17, 15) is 9.59 Å². The molecule has 3 aromatic rings. The Hall–Kier alpha value is -2.63. The van der Waals surface area contributed by atoms with Crippen molar-refractivity contribution < 1.29 is 9.90 Å². The fraction of sp³-hybridized carbons (Fsp3) is 0.154. The maximum absolute atomic E-state index is 12.3. The number of rotatable bonds is 1. The number of nitrogens with zero attached hydrogens (tertiary/aromatic N) is 3. The van der Waals surface area contributed by atoms with Gasteiger partial charge < -0.3 is 9.67 Å². The Morgan fingerprint density at radius 1 is 1.37 bits per heavy atom. The molecule has 0 aliphatic rings. The maximum atomic E-state index is 12.3. The summed E-state index contributed by atoms with van der Waals surface area (Å²) in [5, 5.41) is 9.40. The van der Waals surface area contributed by atoms with Crippen LogP contribution in [0.1, 0.15) is 16.1 Å². The standard InChI is InChI=1S/C13H11N3O3/c1-7-4-3-5-16-10(7)14-11-8(12(16)17)6-9(13(18)19)15(11)2/h3-6H,1-2H3,(H,18,19). The van der Waals surface area contributed by atoms with Gasteiger partial charge in [-0.3, -0.25) is 9.20 Å². The van der Waals surface area contributed by atoms with Crippen LogP contribution in [0, 0.1) is 6.92 Å². The van der Waals surface area contributed by atoms with E-state index in [0.29, 0.717) is 16.7 Å². The normalized spacial score (nSPS) is 11.3. The summed E-state index contributed by atoms with van der Waals surface area (Å²) in [5.74, 6) is -1.08. The van der Waals surface area contributed by atoms with Gasteiger partial charge >= 0.3 is 5.97 Å². The Bertz CT molecular complexity index is 889. The van der Waals surface area contributed by atoms with Gasteiger partial charge in [-0.2, -0.15) is 0 Å². The summed E-state index contributed by atoms with van der Waals surface area (Å²) in [4.78, 5) is 27.9. The van der Waals surface area contributed by atoms with Crippen molar-refractivity contribution in [3.8, 4) is 0 Å². The van der Waals surface area contributed by atoms with E-state index >= 15 is 0 Å². The van der Waals surface area contributed by atoms with Crippen LogP contribution in [0.5, 0.6) is 0 Å². The molecule has 0 bridgehead atoms. The number of carboxylic acids is 1. The Balaban J connectivity index is 2.59. The first kappa shape index (κ1) is 11.5. The lowest BCUT2D eigenvalue weighted by molar-refractivity contribution is 0.0687. The molecule has 19 heavy (non-hydrogen) atoms. The van der Waals surface area contributed by atoms with Gasteiger partial charge in [0.15, 0.2) is 0 Å². The summed E-state index contributed by atoms with van der Waals surface area (Å²) in [7, 11) is 1.59. The lowest BCUT2D eigenvalue weighted by Crippen LogP contribution is -2.15. The van der Waals surface area contributed by atoms with Gasteiger partial charge in [-0.05, 0) is 24.6 Å². The van der Waals surface area contributed by atoms with Gasteiger partial charge in [-0.15, -0.1) is 0 Å². The van der Waals surface area contributed by atoms with E-state index in [0.717, 1.165) is 5.56 Å². The molecule has 0 saturated carbocycles. The van der Waals surface area contributed by atoms with Crippen molar-refractivity contribution in [2.75, 3.05) is 0 Å². The molecule has 3 heterocycles. The average molecular weight is 257 g/mol. The number of carbonyl (C=O) groups is 1. The van der Waals surface area contributed by atoms with Crippen LogP contribution < -0.4 is 5.56 Å². The van der Waals surface area contributed by atoms with E-state index in [1.807, 2.05) is 13.0 Å². The first-order valence-electron chi connectivity index (χ1n) is 5.71. The lowest BCUT2D eigenvalue weighted by atomic mass is 10.3. The zero-order valence-electron chi connectivity index (χ0n) is 10.4. The second-order valence-corrected chi connectivity index (χ2v) is 4.43. The SMILES string of the molecule is Cc1cccn2c(=O)c3cc(C(=O)O)n(C)c3nc12. The Kier molecular flexibility index (Phi) is 2.22. The number of aromatic nitrogens is 3. The number of fused-ring (bicyclic) bond motifs is 2. The van der Waals surface area contributed by atoms with Crippen molar-refractivity contribution >= 4 is 22.6 Å². The molecule has 0 fully saturated rings. The molecule has 6 heteroatoms. The van der Waals surface area contributed by atoms with Crippen LogP contribution in [0.2, 0.25) is 0 Å². The molecule has 3 rings (SSSR count). The molecule has 0 unspecified atom stereocenters. The van der Waals surface area contributed by atoms with Crippen molar-refractivity contribution in [2.45, 2.75) is 6.92 Å². The molecular formula is C13H11N3O3. The quantitative estimate of drug-likeness (QED) is 0.710. The van der Waals surface area contributed by atoms with Crippen LogP contribution in [0.15, 0.2) is 29.2 Å². The number of hydrogen-bond donors (Lipinski definition) is 1. The topological polar surface area (TPSA) is 76.6 Å². The van der Waals surface area contributed by atoms with Crippen LogP contribution in [0.25, 0.3) is 16.7 Å². The van der Waals surface area contributed by atoms with Crippen molar-refractivity contribution in [1.29, 1.82) is 0 Å². The highest BCUT2D eigenvalue weighted by molar-refractivity contribution is 5.93. The number of aromatic carboxylic acids is 1. The van der Waals surface area contributed by atoms with E-state index < -0.39 is 5.97 Å². The minimum absolute atomic E-state index is 0.0492. The summed E-state index contributed by atoms with van der Waals surface area (Å²) in [6.45, 7) is 1.86. The molecule has 3 aromatic heterocycles. The van der Waals surface area contributed by atoms with Crippen molar-refractivity contribution in [3.63, 3.8) is 0 Å². The second-order valence-electron chi connectivity index (χ2n) is 4.43. The number of aryl methyl sites for hydroxylation is 2. The summed E-state index contributed by atoms with van der Waals surface area (Å²) >= 11 is 0. The minimum atomic E-state index is -1.08. The molecule has 0 atom stereocenters. The minimum Gasteiger partial charge on any atom is -0.477 e. The number of carboxylic acid groups (broad SMARTS) is 1. The summed E-state index contributed by atoms with van der Waals surface area (Å²) < 4.78 is 2.86. The predicted octanol–water partition coefficient (Wildman–Crippen LogP) is 1.19. The van der Waals surface area contributed by atoms with Crippen LogP contribution >= 0.6 is 0 Å². The lowest BCUT2D eigenvalue weighted by Gasteiger charge is -2.04. The second kappa shape index (κ2) is 3.68. The van der Waals surface area contributed by atoms with Crippen LogP contribution in [-0.2, 0) is 7.05 Å². The monoisotopic (exact) mass is 257 g/mol. The molecule has 0 saturated heterocycles. The zero-order chi connectivity index (χ0) is 13.7. The summed E-state index contributed by atoms with van der Waals surface area (Å²) in [6, 6.07) is 4.98. The third-order valence-corrected chi connectivity index (χ3v) is 3.24. The number of hydrogen-bond acceptors (Lipinski definition) is 3. The van der Waals surface area contributed by atoms with Gasteiger partial charge in [0.2, 0.25) is 0 Å². The third kappa shape index (κ3) is 1.46. The summed E-state index contributed by atoms with van der Waals surface area (Å²) in [6.07, 6.45) is 1.63. The van der Waals surface area contributed by atoms with Crippen molar-refractivity contribution in [1.82, 2.24) is 14.0 Å². The smallest absolute Gasteiger partial charge is 0.352 e. The number of pyridine rings is 1. The maximum Gasteiger partial charge on any atom is 0.352 e. The molecule has 0 radical (unpaired) electrons. The largest absolute Gasteiger partial charge is 0.477 e. The van der Waals surface area contributed by atoms with E-state index in [-0.39, 0.29) is 11.3 Å². The van der Waals surface area contributed by atoms with Crippen LogP contribution in [0.4, 0.5) is 0 Å². The fourth-order valence-electron chi connectivity index (χ4n) is 2.24. The molecule has 0 spiro atoms. The van der Waals surface area contributed by atoms with E-state index in [2.05, 4.69) is 4.98 Å². The van der Waals surface area contributed by atoms with Gasteiger partial charge in [-0.25, -0.2) is 9.78 Å². The molecule has 0 aromatic carbocycles. The van der Waals surface area contributed by atoms with Gasteiger partial charge in [0.25, 0.3) is 5.56 Å². The Morgan fingerprint density at radius 3 is 2.79 bits per heavy atom. The van der Waals surface area contributed by atoms with E-state index in [4.69, 9.17) is 5.11 Å². The molecule has 6 nitrogen and oxygen atoms in total. The highest BCUT2D eigenvalue weighted by atomic mass is 16.4. The Morgan fingerprint density at radius 2 is 2.11 bits per heavy atom. The molecule has 0 amide bonds. The zero-order valence-corrected chi connectivity index (χ0v) is 10.4. The van der Waals surface area contributed by atoms with Crippen LogP contribution in [-0.4, -0.2) is 25.0 Å². The van der Waals surface area contributed by atoms with E-state index in [1.165, 1.54) is 15.0 Å². The van der Waals surface area contributed by atoms with Crippen LogP contribution in [0.3, 0.4) is 0 Å². The molecule has 0 aliphatic carbocycles. The summed E-state index contributed by atoms with van der Waals surface area (Å²) in [5.41, 5.74) is 1.58. The Labute approximate surface area is 107 Å². The predicted molar refractivity (Wildman–Crippen MR) is 69.6 cm³/mol. The highest BCUT2D eigenvalue weighted by Crippen LogP contribution is 2.16. The molecular weight excluding hydrogens is 246 g/mol. The van der Waals surface area contributed by atoms with Crippen molar-refractivity contribution in [3.05, 3.63) is 46.0 Å². The molecule has 0 aliphatic heterocycles. The van der Waals surface area contributed by atoms with Crippen molar-refractivity contribution in [2.24, 2.45) is 7.05 Å². The molecule has 96 valence electrons. The van der Waals surface area contributed by atoms with Gasteiger partial charge in [0.05, 0.1) is 5.39 Å². The van der Waals surface area contributed by atoms with Gasteiger partial charge in [0.1, 0.15) is 17.0 Å².